The number of aromatic nitrogens is 2. The zero-order chi connectivity index (χ0) is 20.2. The molecule has 0 bridgehead atoms. The van der Waals surface area contributed by atoms with E-state index >= 15 is 0 Å². The average molecular weight is 392 g/mol. The molecule has 1 aliphatic rings. The molecule has 3 aromatic rings. The van der Waals surface area contributed by atoms with Gasteiger partial charge in [0.15, 0.2) is 5.69 Å². The molecule has 0 atom stereocenters. The van der Waals surface area contributed by atoms with Gasteiger partial charge in [-0.2, -0.15) is 0 Å². The normalized spacial score (nSPS) is 14.5. The largest absolute Gasteiger partial charge is 0.495 e. The number of carbonyl (C=O) groups is 2. The highest BCUT2D eigenvalue weighted by atomic mass is 16.5. The van der Waals surface area contributed by atoms with Gasteiger partial charge in [0.25, 0.3) is 11.8 Å². The summed E-state index contributed by atoms with van der Waals surface area (Å²) in [7, 11) is 1.55. The lowest BCUT2D eigenvalue weighted by Gasteiger charge is -2.22. The van der Waals surface area contributed by atoms with Crippen LogP contribution >= 0.6 is 0 Å². The standard InChI is InChI=1S/C22H24N4O3/c1-29-18-13-6-5-11-16(18)24-22(28)20-25-19(17-12-7-8-14-26(17)20)21(27)23-15-9-3-2-4-10-15/h5-8,11-15H,2-4,9-10H2,1H3,(H,23,27)(H,24,28). The minimum atomic E-state index is -0.410. The van der Waals surface area contributed by atoms with Gasteiger partial charge in [0.05, 0.1) is 18.3 Å². The molecule has 0 radical (unpaired) electrons. The lowest BCUT2D eigenvalue weighted by molar-refractivity contribution is 0.0925. The second kappa shape index (κ2) is 8.34. The van der Waals surface area contributed by atoms with E-state index in [9.17, 15) is 9.59 Å². The number of fused-ring (bicyclic) bond motifs is 1. The summed E-state index contributed by atoms with van der Waals surface area (Å²) in [6.07, 6.45) is 7.17. The van der Waals surface area contributed by atoms with Crippen LogP contribution in [0.1, 0.15) is 53.2 Å². The van der Waals surface area contributed by atoms with Crippen molar-refractivity contribution in [3.05, 3.63) is 60.2 Å². The molecular formula is C22H24N4O3. The van der Waals surface area contributed by atoms with E-state index < -0.39 is 5.91 Å². The number of ether oxygens (including phenoxy) is 1. The Morgan fingerprint density at radius 1 is 1.03 bits per heavy atom. The molecule has 150 valence electrons. The second-order valence-corrected chi connectivity index (χ2v) is 7.20. The highest BCUT2D eigenvalue weighted by Gasteiger charge is 2.24. The van der Waals surface area contributed by atoms with Gasteiger partial charge < -0.3 is 15.4 Å². The van der Waals surface area contributed by atoms with Gasteiger partial charge in [0.2, 0.25) is 5.82 Å². The predicted molar refractivity (Wildman–Crippen MR) is 110 cm³/mol. The highest BCUT2D eigenvalue weighted by Crippen LogP contribution is 2.24. The Bertz CT molecular complexity index is 1040. The topological polar surface area (TPSA) is 84.7 Å². The lowest BCUT2D eigenvalue weighted by atomic mass is 9.95. The Morgan fingerprint density at radius 3 is 2.59 bits per heavy atom. The summed E-state index contributed by atoms with van der Waals surface area (Å²) in [5.74, 6) is 0.0571. The van der Waals surface area contributed by atoms with Crippen LogP contribution in [0.2, 0.25) is 0 Å². The molecule has 0 spiro atoms. The Balaban J connectivity index is 1.63. The summed E-state index contributed by atoms with van der Waals surface area (Å²) in [5.41, 5.74) is 1.41. The molecule has 0 aliphatic heterocycles. The van der Waals surface area contributed by atoms with Crippen LogP contribution in [0.25, 0.3) is 5.52 Å². The quantitative estimate of drug-likeness (QED) is 0.694. The van der Waals surface area contributed by atoms with E-state index in [1.54, 1.807) is 42.0 Å². The van der Waals surface area contributed by atoms with E-state index in [0.717, 1.165) is 25.7 Å². The van der Waals surface area contributed by atoms with Crippen molar-refractivity contribution >= 4 is 23.0 Å². The summed E-state index contributed by atoms with van der Waals surface area (Å²) < 4.78 is 6.93. The molecule has 4 rings (SSSR count). The number of rotatable bonds is 5. The van der Waals surface area contributed by atoms with Crippen molar-refractivity contribution in [1.82, 2.24) is 14.7 Å². The third-order valence-corrected chi connectivity index (χ3v) is 5.26. The van der Waals surface area contributed by atoms with Crippen molar-refractivity contribution in [2.45, 2.75) is 38.1 Å². The van der Waals surface area contributed by atoms with Crippen LogP contribution in [0, 0.1) is 0 Å². The fourth-order valence-corrected chi connectivity index (χ4v) is 3.79. The van der Waals surface area contributed by atoms with Crippen molar-refractivity contribution in [3.63, 3.8) is 0 Å². The summed E-state index contributed by atoms with van der Waals surface area (Å²) in [5, 5.41) is 5.91. The van der Waals surface area contributed by atoms with Crippen LogP contribution in [0.3, 0.4) is 0 Å². The molecule has 2 amide bonds. The Hall–Kier alpha value is -3.35. The van der Waals surface area contributed by atoms with E-state index in [-0.39, 0.29) is 23.5 Å². The van der Waals surface area contributed by atoms with E-state index in [0.29, 0.717) is 17.0 Å². The number of methoxy groups -OCH3 is 1. The van der Waals surface area contributed by atoms with Crippen LogP contribution in [-0.4, -0.2) is 34.4 Å². The van der Waals surface area contributed by atoms with Crippen LogP contribution in [0.15, 0.2) is 48.7 Å². The zero-order valence-corrected chi connectivity index (χ0v) is 16.4. The van der Waals surface area contributed by atoms with Gasteiger partial charge in [-0.05, 0) is 37.1 Å². The molecule has 2 aromatic heterocycles. The summed E-state index contributed by atoms with van der Waals surface area (Å²) in [4.78, 5) is 30.2. The van der Waals surface area contributed by atoms with Gasteiger partial charge in [0, 0.05) is 12.2 Å². The fraction of sp³-hybridized carbons (Fsp3) is 0.318. The number of pyridine rings is 1. The van der Waals surface area contributed by atoms with Crippen molar-refractivity contribution in [3.8, 4) is 5.75 Å². The lowest BCUT2D eigenvalue weighted by Crippen LogP contribution is -2.36. The molecule has 2 heterocycles. The molecular weight excluding hydrogens is 368 g/mol. The van der Waals surface area contributed by atoms with Crippen LogP contribution in [-0.2, 0) is 0 Å². The monoisotopic (exact) mass is 392 g/mol. The van der Waals surface area contributed by atoms with E-state index in [1.165, 1.54) is 6.42 Å². The third kappa shape index (κ3) is 3.94. The van der Waals surface area contributed by atoms with E-state index in [1.807, 2.05) is 18.2 Å². The van der Waals surface area contributed by atoms with E-state index in [4.69, 9.17) is 4.74 Å². The van der Waals surface area contributed by atoms with Crippen LogP contribution < -0.4 is 15.4 Å². The van der Waals surface area contributed by atoms with Crippen LogP contribution in [0.5, 0.6) is 5.75 Å². The SMILES string of the molecule is COc1ccccc1NC(=O)c1nc(C(=O)NC2CCCCC2)c2ccccn12. The second-order valence-electron chi connectivity index (χ2n) is 7.20. The number of carbonyl (C=O) groups excluding carboxylic acids is 2. The van der Waals surface area contributed by atoms with Crippen molar-refractivity contribution in [2.75, 3.05) is 12.4 Å². The molecule has 7 nitrogen and oxygen atoms in total. The summed E-state index contributed by atoms with van der Waals surface area (Å²) in [6, 6.07) is 12.8. The van der Waals surface area contributed by atoms with E-state index in [2.05, 4.69) is 15.6 Å². The zero-order valence-electron chi connectivity index (χ0n) is 16.4. The van der Waals surface area contributed by atoms with Gasteiger partial charge in [-0.1, -0.05) is 37.5 Å². The number of benzene rings is 1. The molecule has 0 unspecified atom stereocenters. The first-order valence-corrected chi connectivity index (χ1v) is 9.89. The minimum absolute atomic E-state index is 0.153. The van der Waals surface area contributed by atoms with Gasteiger partial charge >= 0.3 is 0 Å². The number of para-hydroxylation sites is 2. The molecule has 7 heteroatoms. The number of nitrogens with zero attached hydrogens (tertiary/aromatic N) is 2. The fourth-order valence-electron chi connectivity index (χ4n) is 3.79. The maximum absolute atomic E-state index is 12.9. The molecule has 29 heavy (non-hydrogen) atoms. The van der Waals surface area contributed by atoms with Crippen molar-refractivity contribution < 1.29 is 14.3 Å². The molecule has 1 aliphatic carbocycles. The molecule has 1 aromatic carbocycles. The highest BCUT2D eigenvalue weighted by molar-refractivity contribution is 6.06. The maximum Gasteiger partial charge on any atom is 0.292 e. The summed E-state index contributed by atoms with van der Waals surface area (Å²) >= 11 is 0. The van der Waals surface area contributed by atoms with Crippen LogP contribution in [0.4, 0.5) is 5.69 Å². The van der Waals surface area contributed by atoms with Gasteiger partial charge in [-0.3, -0.25) is 14.0 Å². The molecule has 1 saturated carbocycles. The number of hydrogen-bond donors (Lipinski definition) is 2. The molecule has 2 N–H and O–H groups in total. The summed E-state index contributed by atoms with van der Waals surface area (Å²) in [6.45, 7) is 0. The van der Waals surface area contributed by atoms with Gasteiger partial charge in [-0.25, -0.2) is 4.98 Å². The number of hydrogen-bond acceptors (Lipinski definition) is 4. The number of nitrogens with one attached hydrogen (secondary N) is 2. The van der Waals surface area contributed by atoms with Gasteiger partial charge in [-0.15, -0.1) is 0 Å². The smallest absolute Gasteiger partial charge is 0.292 e. The number of amides is 2. The first-order chi connectivity index (χ1) is 14.2. The average Bonchev–Trinajstić information content (AvgIpc) is 3.15. The first-order valence-electron chi connectivity index (χ1n) is 9.89. The maximum atomic E-state index is 12.9. The van der Waals surface area contributed by atoms with Gasteiger partial charge in [0.1, 0.15) is 5.75 Å². The van der Waals surface area contributed by atoms with Crippen molar-refractivity contribution in [1.29, 1.82) is 0 Å². The molecule has 0 saturated heterocycles. The third-order valence-electron chi connectivity index (χ3n) is 5.26. The number of anilines is 1. The number of imidazole rings is 1. The molecule has 1 fully saturated rings. The Morgan fingerprint density at radius 2 is 1.79 bits per heavy atom. The predicted octanol–water partition coefficient (Wildman–Crippen LogP) is 3.66. The minimum Gasteiger partial charge on any atom is -0.495 e. The van der Waals surface area contributed by atoms with Crippen molar-refractivity contribution in [2.24, 2.45) is 0 Å². The Labute approximate surface area is 169 Å². The first kappa shape index (κ1) is 19.0. The Kier molecular flexibility index (Phi) is 5.46.